The number of carbonyl (C=O) groups excluding carboxylic acids is 1. The van der Waals surface area contributed by atoms with Crippen molar-refractivity contribution in [1.29, 1.82) is 0 Å². The Morgan fingerprint density at radius 3 is 2.38 bits per heavy atom. The number of halogens is 1. The van der Waals surface area contributed by atoms with Crippen LogP contribution in [0.5, 0.6) is 0 Å². The zero-order valence-corrected chi connectivity index (χ0v) is 22.8. The summed E-state index contributed by atoms with van der Waals surface area (Å²) in [6.45, 7) is 8.23. The molecule has 2 N–H and O–H groups in total. The van der Waals surface area contributed by atoms with E-state index < -0.39 is 33.0 Å². The molecule has 0 fully saturated rings. The van der Waals surface area contributed by atoms with Crippen LogP contribution in [-0.4, -0.2) is 47.6 Å². The molecule has 0 aliphatic carbocycles. The van der Waals surface area contributed by atoms with Crippen LogP contribution in [-0.2, 0) is 33.1 Å². The Morgan fingerprint density at radius 1 is 1.16 bits per heavy atom. The summed E-state index contributed by atoms with van der Waals surface area (Å²) in [4.78, 5) is 16.6. The molecule has 2 heterocycles. The number of alkyl carbamates (subject to hydrolysis) is 1. The third-order valence-electron chi connectivity index (χ3n) is 5.51. The minimum absolute atomic E-state index is 0.0599. The van der Waals surface area contributed by atoms with Crippen molar-refractivity contribution in [2.45, 2.75) is 63.7 Å². The van der Waals surface area contributed by atoms with Crippen LogP contribution in [0.25, 0.3) is 11.0 Å². The first-order valence-corrected chi connectivity index (χ1v) is 13.7. The number of nitrogens with one attached hydrogen (secondary N) is 1. The molecule has 3 aromatic rings. The minimum Gasteiger partial charge on any atom is -0.444 e. The van der Waals surface area contributed by atoms with E-state index in [0.717, 1.165) is 17.4 Å². The van der Waals surface area contributed by atoms with Crippen molar-refractivity contribution in [3.63, 3.8) is 0 Å². The van der Waals surface area contributed by atoms with Gasteiger partial charge in [0.15, 0.2) is 9.84 Å². The summed E-state index contributed by atoms with van der Waals surface area (Å²) in [6, 6.07) is 10.1. The summed E-state index contributed by atoms with van der Waals surface area (Å²) in [5.41, 5.74) is 1.30. The molecule has 0 bridgehead atoms. The van der Waals surface area contributed by atoms with E-state index in [1.165, 1.54) is 6.08 Å². The second-order valence-corrected chi connectivity index (χ2v) is 12.5. The van der Waals surface area contributed by atoms with Crippen molar-refractivity contribution < 1.29 is 27.4 Å². The molecule has 0 saturated carbocycles. The first kappa shape index (κ1) is 28.3. The average molecular weight is 532 g/mol. The number of hydrogen-bond donors (Lipinski definition) is 2. The van der Waals surface area contributed by atoms with Crippen LogP contribution in [0.3, 0.4) is 0 Å². The molecular weight excluding hydrogens is 497 g/mol. The Morgan fingerprint density at radius 2 is 1.81 bits per heavy atom. The van der Waals surface area contributed by atoms with Gasteiger partial charge in [-0.25, -0.2) is 17.6 Å². The Bertz CT molecular complexity index is 1410. The van der Waals surface area contributed by atoms with Crippen LogP contribution in [0, 0.1) is 0 Å². The van der Waals surface area contributed by atoms with E-state index in [-0.39, 0.29) is 18.0 Å². The molecule has 10 heteroatoms. The van der Waals surface area contributed by atoms with Gasteiger partial charge in [0.1, 0.15) is 11.4 Å². The van der Waals surface area contributed by atoms with Crippen molar-refractivity contribution in [3.8, 4) is 0 Å². The van der Waals surface area contributed by atoms with E-state index in [4.69, 9.17) is 4.74 Å². The molecule has 1 aromatic carbocycles. The minimum atomic E-state index is -3.33. The lowest BCUT2D eigenvalue weighted by atomic mass is 9.96. The molecule has 2 aromatic heterocycles. The average Bonchev–Trinajstić information content (AvgIpc) is 3.06. The standard InChI is InChI=1S/C27H34FN3O5S/c1-26(2,3)36-25(32)30-15-13-19(28)17-31-22-8-7-14-29-23(22)21(24(31)27(4,5)33)16-18-9-11-20(12-10-18)37(6,34)35/h7-14,33H,15-17H2,1-6H3,(H,30,32)/b19-13-. The fourth-order valence-corrected chi connectivity index (χ4v) is 4.74. The van der Waals surface area contributed by atoms with Crippen molar-refractivity contribution >= 4 is 27.0 Å². The third kappa shape index (κ3) is 7.39. The second-order valence-electron chi connectivity index (χ2n) is 10.5. The number of hydrogen-bond acceptors (Lipinski definition) is 6. The highest BCUT2D eigenvalue weighted by Gasteiger charge is 2.29. The van der Waals surface area contributed by atoms with Gasteiger partial charge in [-0.1, -0.05) is 12.1 Å². The van der Waals surface area contributed by atoms with Crippen LogP contribution in [0.2, 0.25) is 0 Å². The van der Waals surface area contributed by atoms with Gasteiger partial charge in [-0.15, -0.1) is 0 Å². The highest BCUT2D eigenvalue weighted by atomic mass is 32.2. The molecule has 8 nitrogen and oxygen atoms in total. The summed E-state index contributed by atoms with van der Waals surface area (Å²) < 4.78 is 45.6. The van der Waals surface area contributed by atoms with Gasteiger partial charge >= 0.3 is 6.09 Å². The van der Waals surface area contributed by atoms with Crippen LogP contribution < -0.4 is 5.32 Å². The monoisotopic (exact) mass is 531 g/mol. The van der Waals surface area contributed by atoms with E-state index >= 15 is 4.39 Å². The SMILES string of the molecule is CC(C)(C)OC(=O)NC/C=C(\F)Cn1c(C(C)(C)O)c(Cc2ccc(S(C)(=O)=O)cc2)c2ncccc21. The van der Waals surface area contributed by atoms with Gasteiger partial charge in [-0.05, 0) is 70.5 Å². The predicted molar refractivity (Wildman–Crippen MR) is 141 cm³/mol. The first-order chi connectivity index (χ1) is 17.1. The van der Waals surface area contributed by atoms with Crippen molar-refractivity contribution in [1.82, 2.24) is 14.9 Å². The van der Waals surface area contributed by atoms with Gasteiger partial charge in [-0.3, -0.25) is 4.98 Å². The van der Waals surface area contributed by atoms with Crippen molar-refractivity contribution in [2.24, 2.45) is 0 Å². The summed E-state index contributed by atoms with van der Waals surface area (Å²) >= 11 is 0. The Labute approximate surface area is 217 Å². The quantitative estimate of drug-likeness (QED) is 0.438. The predicted octanol–water partition coefficient (Wildman–Crippen LogP) is 4.64. The maximum atomic E-state index is 15.1. The Balaban J connectivity index is 1.96. The number of rotatable bonds is 8. The number of benzene rings is 1. The lowest BCUT2D eigenvalue weighted by Crippen LogP contribution is -2.32. The molecule has 0 saturated heterocycles. The Hall–Kier alpha value is -3.24. The number of aliphatic hydroxyl groups is 1. The van der Waals surface area contributed by atoms with Crippen molar-refractivity contribution in [2.75, 3.05) is 12.8 Å². The summed E-state index contributed by atoms with van der Waals surface area (Å²) in [5.74, 6) is -0.508. The van der Waals surface area contributed by atoms with Gasteiger partial charge in [-0.2, -0.15) is 0 Å². The van der Waals surface area contributed by atoms with E-state index in [2.05, 4.69) is 10.3 Å². The summed E-state index contributed by atoms with van der Waals surface area (Å²) in [7, 11) is -3.33. The van der Waals surface area contributed by atoms with Crippen LogP contribution >= 0.6 is 0 Å². The zero-order valence-electron chi connectivity index (χ0n) is 22.0. The molecule has 1 amide bonds. The molecular formula is C27H34FN3O5S. The fourth-order valence-electron chi connectivity index (χ4n) is 4.11. The fraction of sp³-hybridized carbons (Fsp3) is 0.407. The van der Waals surface area contributed by atoms with E-state index in [1.54, 1.807) is 81.8 Å². The van der Waals surface area contributed by atoms with Crippen molar-refractivity contribution in [3.05, 3.63) is 71.3 Å². The Kier molecular flexibility index (Phi) is 8.14. The maximum Gasteiger partial charge on any atom is 0.407 e. The number of carbonyl (C=O) groups is 1. The third-order valence-corrected chi connectivity index (χ3v) is 6.64. The van der Waals surface area contributed by atoms with Crippen LogP contribution in [0.1, 0.15) is 51.4 Å². The number of fused-ring (bicyclic) bond motifs is 1. The van der Waals surface area contributed by atoms with Gasteiger partial charge in [0.25, 0.3) is 0 Å². The molecule has 200 valence electrons. The summed E-state index contributed by atoms with van der Waals surface area (Å²) in [5, 5.41) is 13.6. The normalized spacial score (nSPS) is 13.1. The highest BCUT2D eigenvalue weighted by molar-refractivity contribution is 7.90. The molecule has 0 radical (unpaired) electrons. The van der Waals surface area contributed by atoms with Gasteiger partial charge in [0, 0.05) is 31.0 Å². The van der Waals surface area contributed by atoms with E-state index in [1.807, 2.05) is 0 Å². The summed E-state index contributed by atoms with van der Waals surface area (Å²) in [6.07, 6.45) is 3.75. The number of nitrogens with zero attached hydrogens (tertiary/aromatic N) is 2. The van der Waals surface area contributed by atoms with E-state index in [0.29, 0.717) is 23.1 Å². The largest absolute Gasteiger partial charge is 0.444 e. The number of ether oxygens (including phenoxy) is 1. The molecule has 0 atom stereocenters. The number of pyridine rings is 1. The molecule has 0 spiro atoms. The van der Waals surface area contributed by atoms with Crippen LogP contribution in [0.4, 0.5) is 9.18 Å². The molecule has 3 rings (SSSR count). The number of aromatic nitrogens is 2. The lowest BCUT2D eigenvalue weighted by Gasteiger charge is -2.23. The van der Waals surface area contributed by atoms with Gasteiger partial charge < -0.3 is 19.7 Å². The maximum absolute atomic E-state index is 15.1. The number of allylic oxidation sites excluding steroid dienone is 1. The zero-order chi connectivity index (χ0) is 27.6. The molecule has 37 heavy (non-hydrogen) atoms. The molecule has 0 aliphatic rings. The topological polar surface area (TPSA) is 111 Å². The molecule has 0 unspecified atom stereocenters. The molecule has 0 aliphatic heterocycles. The van der Waals surface area contributed by atoms with E-state index in [9.17, 15) is 18.3 Å². The second kappa shape index (κ2) is 10.6. The highest BCUT2D eigenvalue weighted by Crippen LogP contribution is 2.35. The number of amides is 1. The number of sulfone groups is 1. The van der Waals surface area contributed by atoms with Gasteiger partial charge in [0.05, 0.1) is 33.8 Å². The lowest BCUT2D eigenvalue weighted by molar-refractivity contribution is 0.0533. The van der Waals surface area contributed by atoms with Crippen LogP contribution in [0.15, 0.2) is 59.4 Å². The smallest absolute Gasteiger partial charge is 0.407 e. The van der Waals surface area contributed by atoms with Gasteiger partial charge in [0.2, 0.25) is 0 Å². The first-order valence-electron chi connectivity index (χ1n) is 11.9.